The monoisotopic (exact) mass is 345 g/mol. The average molecular weight is 345 g/mol. The summed E-state index contributed by atoms with van der Waals surface area (Å²) in [5.74, 6) is -0.163. The van der Waals surface area contributed by atoms with E-state index in [2.05, 4.69) is 34.5 Å². The first-order valence-electron chi connectivity index (χ1n) is 9.00. The first kappa shape index (κ1) is 19.4. The number of benzene rings is 1. The van der Waals surface area contributed by atoms with Gasteiger partial charge in [0.1, 0.15) is 0 Å². The summed E-state index contributed by atoms with van der Waals surface area (Å²) in [5, 5.41) is 2.89. The third-order valence-corrected chi connectivity index (χ3v) is 4.58. The number of amides is 2. The van der Waals surface area contributed by atoms with Crippen LogP contribution in [0.3, 0.4) is 0 Å². The highest BCUT2D eigenvalue weighted by Gasteiger charge is 2.26. The molecule has 1 aromatic carbocycles. The van der Waals surface area contributed by atoms with E-state index in [1.54, 1.807) is 7.05 Å². The van der Waals surface area contributed by atoms with E-state index in [1.807, 2.05) is 27.8 Å². The quantitative estimate of drug-likeness (QED) is 0.891. The zero-order chi connectivity index (χ0) is 18.6. The Morgan fingerprint density at radius 1 is 1.16 bits per heavy atom. The second-order valence-electron chi connectivity index (χ2n) is 8.07. The van der Waals surface area contributed by atoms with Gasteiger partial charge in [0.15, 0.2) is 0 Å². The van der Waals surface area contributed by atoms with Crippen molar-refractivity contribution in [1.29, 1.82) is 0 Å². The molecular weight excluding hydrogens is 314 g/mol. The second kappa shape index (κ2) is 8.00. The third-order valence-electron chi connectivity index (χ3n) is 4.58. The van der Waals surface area contributed by atoms with Crippen molar-refractivity contribution >= 4 is 11.8 Å². The van der Waals surface area contributed by atoms with Crippen LogP contribution in [0.15, 0.2) is 24.3 Å². The van der Waals surface area contributed by atoms with Crippen LogP contribution < -0.4 is 5.32 Å². The van der Waals surface area contributed by atoms with Gasteiger partial charge >= 0.3 is 0 Å². The minimum absolute atomic E-state index is 0.0328. The zero-order valence-corrected chi connectivity index (χ0v) is 16.1. The van der Waals surface area contributed by atoms with Crippen molar-refractivity contribution in [3.05, 3.63) is 35.4 Å². The molecule has 0 bridgehead atoms. The van der Waals surface area contributed by atoms with Crippen LogP contribution in [-0.2, 0) is 16.0 Å². The number of likely N-dealkylation sites (N-methyl/N-ethyl adjacent to an activating group) is 2. The predicted molar refractivity (Wildman–Crippen MR) is 100 cm³/mol. The number of carbonyl (C=O) groups excluding carboxylic acids is 2. The fourth-order valence-corrected chi connectivity index (χ4v) is 3.39. The van der Waals surface area contributed by atoms with Crippen molar-refractivity contribution in [2.75, 3.05) is 27.2 Å². The number of rotatable bonds is 5. The Kier molecular flexibility index (Phi) is 6.22. The van der Waals surface area contributed by atoms with E-state index in [0.29, 0.717) is 6.54 Å². The average Bonchev–Trinajstić information content (AvgIpc) is 2.52. The van der Waals surface area contributed by atoms with Crippen molar-refractivity contribution in [3.8, 4) is 0 Å². The molecule has 0 aliphatic heterocycles. The molecule has 0 fully saturated rings. The lowest BCUT2D eigenvalue weighted by Gasteiger charge is -2.33. The lowest BCUT2D eigenvalue weighted by Crippen LogP contribution is -2.48. The van der Waals surface area contributed by atoms with E-state index < -0.39 is 0 Å². The number of hydrogen-bond donors (Lipinski definition) is 1. The molecule has 1 unspecified atom stereocenters. The predicted octanol–water partition coefficient (Wildman–Crippen LogP) is 2.37. The Labute approximate surface area is 151 Å². The van der Waals surface area contributed by atoms with Crippen LogP contribution in [-0.4, -0.2) is 54.3 Å². The minimum atomic E-state index is -0.288. The molecule has 0 heterocycles. The molecule has 2 amide bonds. The Hall–Kier alpha value is -1.88. The lowest BCUT2D eigenvalue weighted by molar-refractivity contribution is -0.136. The summed E-state index contributed by atoms with van der Waals surface area (Å²) < 4.78 is 0. The molecule has 1 aromatic rings. The highest BCUT2D eigenvalue weighted by molar-refractivity contribution is 5.85. The molecular formula is C20H31N3O2. The van der Waals surface area contributed by atoms with Gasteiger partial charge in [-0.1, -0.05) is 24.3 Å². The molecule has 2 rings (SSSR count). The standard InChI is InChI=1S/C20H31N3O2/c1-20(2,3)21-18(24)13-23(5)19(25)14-22(4)17-12-8-10-15-9-6-7-11-16(15)17/h6-7,9,11,17H,8,10,12-14H2,1-5H3,(H,21,24). The van der Waals surface area contributed by atoms with Gasteiger partial charge in [-0.25, -0.2) is 0 Å². The highest BCUT2D eigenvalue weighted by atomic mass is 16.2. The fraction of sp³-hybridized carbons (Fsp3) is 0.600. The normalized spacial score (nSPS) is 17.1. The van der Waals surface area contributed by atoms with Gasteiger partial charge in [0.05, 0.1) is 13.1 Å². The number of fused-ring (bicyclic) bond motifs is 1. The van der Waals surface area contributed by atoms with Gasteiger partial charge in [0.25, 0.3) is 0 Å². The van der Waals surface area contributed by atoms with Crippen LogP contribution in [0.1, 0.15) is 50.8 Å². The van der Waals surface area contributed by atoms with Gasteiger partial charge in [-0.15, -0.1) is 0 Å². The van der Waals surface area contributed by atoms with Gasteiger partial charge < -0.3 is 10.2 Å². The van der Waals surface area contributed by atoms with E-state index in [4.69, 9.17) is 0 Å². The first-order chi connectivity index (χ1) is 11.7. The molecule has 1 atom stereocenters. The molecule has 0 saturated carbocycles. The minimum Gasteiger partial charge on any atom is -0.350 e. The lowest BCUT2D eigenvalue weighted by atomic mass is 9.87. The Morgan fingerprint density at radius 2 is 1.84 bits per heavy atom. The fourth-order valence-electron chi connectivity index (χ4n) is 3.39. The second-order valence-corrected chi connectivity index (χ2v) is 8.07. The number of nitrogens with one attached hydrogen (secondary N) is 1. The summed E-state index contributed by atoms with van der Waals surface area (Å²) in [5.41, 5.74) is 2.43. The van der Waals surface area contributed by atoms with Crippen molar-refractivity contribution < 1.29 is 9.59 Å². The molecule has 0 aromatic heterocycles. The summed E-state index contributed by atoms with van der Waals surface area (Å²) in [6.07, 6.45) is 3.32. The number of aryl methyl sites for hydroxylation is 1. The topological polar surface area (TPSA) is 52.7 Å². The van der Waals surface area contributed by atoms with Crippen molar-refractivity contribution in [2.45, 2.75) is 51.6 Å². The van der Waals surface area contributed by atoms with Gasteiger partial charge in [-0.05, 0) is 58.2 Å². The Morgan fingerprint density at radius 3 is 2.52 bits per heavy atom. The van der Waals surface area contributed by atoms with Gasteiger partial charge in [-0.2, -0.15) is 0 Å². The maximum Gasteiger partial charge on any atom is 0.240 e. The van der Waals surface area contributed by atoms with E-state index in [-0.39, 0.29) is 29.9 Å². The Balaban J connectivity index is 1.93. The van der Waals surface area contributed by atoms with Gasteiger partial charge in [0, 0.05) is 18.6 Å². The molecule has 5 heteroatoms. The van der Waals surface area contributed by atoms with Crippen LogP contribution in [0.25, 0.3) is 0 Å². The molecule has 0 radical (unpaired) electrons. The zero-order valence-electron chi connectivity index (χ0n) is 16.1. The SMILES string of the molecule is CN(CC(=O)NC(C)(C)C)C(=O)CN(C)C1CCCc2ccccc21. The Bertz CT molecular complexity index is 622. The van der Waals surface area contributed by atoms with Crippen LogP contribution in [0.2, 0.25) is 0 Å². The summed E-state index contributed by atoms with van der Waals surface area (Å²) in [7, 11) is 3.68. The van der Waals surface area contributed by atoms with Crippen LogP contribution in [0, 0.1) is 0 Å². The van der Waals surface area contributed by atoms with E-state index >= 15 is 0 Å². The molecule has 1 aliphatic carbocycles. The van der Waals surface area contributed by atoms with E-state index in [9.17, 15) is 9.59 Å². The molecule has 5 nitrogen and oxygen atoms in total. The van der Waals surface area contributed by atoms with Gasteiger partial charge in [0.2, 0.25) is 11.8 Å². The largest absolute Gasteiger partial charge is 0.350 e. The maximum absolute atomic E-state index is 12.5. The third kappa shape index (κ3) is 5.56. The number of carbonyl (C=O) groups is 2. The summed E-state index contributed by atoms with van der Waals surface area (Å²) in [6.45, 7) is 6.20. The summed E-state index contributed by atoms with van der Waals surface area (Å²) >= 11 is 0. The summed E-state index contributed by atoms with van der Waals surface area (Å²) in [6, 6.07) is 8.76. The first-order valence-corrected chi connectivity index (χ1v) is 9.00. The van der Waals surface area contributed by atoms with Crippen LogP contribution in [0.4, 0.5) is 0 Å². The molecule has 1 aliphatic rings. The van der Waals surface area contributed by atoms with Crippen LogP contribution >= 0.6 is 0 Å². The highest BCUT2D eigenvalue weighted by Crippen LogP contribution is 2.33. The van der Waals surface area contributed by atoms with Crippen molar-refractivity contribution in [3.63, 3.8) is 0 Å². The van der Waals surface area contributed by atoms with Gasteiger partial charge in [-0.3, -0.25) is 14.5 Å². The molecule has 0 saturated heterocycles. The van der Waals surface area contributed by atoms with E-state index in [0.717, 1.165) is 19.3 Å². The van der Waals surface area contributed by atoms with Crippen LogP contribution in [0.5, 0.6) is 0 Å². The summed E-state index contributed by atoms with van der Waals surface area (Å²) in [4.78, 5) is 28.1. The number of nitrogens with zero attached hydrogens (tertiary/aromatic N) is 2. The molecule has 25 heavy (non-hydrogen) atoms. The van der Waals surface area contributed by atoms with Crippen molar-refractivity contribution in [2.24, 2.45) is 0 Å². The molecule has 1 N–H and O–H groups in total. The van der Waals surface area contributed by atoms with E-state index in [1.165, 1.54) is 16.0 Å². The molecule has 138 valence electrons. The number of hydrogen-bond acceptors (Lipinski definition) is 3. The van der Waals surface area contributed by atoms with Crippen molar-refractivity contribution in [1.82, 2.24) is 15.1 Å². The molecule has 0 spiro atoms. The maximum atomic E-state index is 12.5. The smallest absolute Gasteiger partial charge is 0.240 e.